The average Bonchev–Trinajstić information content (AvgIpc) is 2.96. The van der Waals surface area contributed by atoms with Crippen LogP contribution in [0.4, 0.5) is 0 Å². The highest BCUT2D eigenvalue weighted by atomic mass is 16.5. The van der Waals surface area contributed by atoms with Crippen LogP contribution in [0.1, 0.15) is 58.3 Å². The fourth-order valence-electron chi connectivity index (χ4n) is 3.16. The molecule has 2 N–H and O–H groups in total. The predicted octanol–water partition coefficient (Wildman–Crippen LogP) is 2.23. The molecule has 0 radical (unpaired) electrons. The zero-order valence-electron chi connectivity index (χ0n) is 11.1. The van der Waals surface area contributed by atoms with Crippen molar-refractivity contribution >= 4 is 0 Å². The Morgan fingerprint density at radius 1 is 1.35 bits per heavy atom. The number of hydrogen-bond acceptors (Lipinski definition) is 3. The SMILES string of the molecule is CCC(O)CCNCC1CCC2(CCCC2)O1. The molecule has 100 valence electrons. The van der Waals surface area contributed by atoms with E-state index in [0.717, 1.165) is 25.9 Å². The van der Waals surface area contributed by atoms with Gasteiger partial charge in [0.25, 0.3) is 0 Å². The lowest BCUT2D eigenvalue weighted by Crippen LogP contribution is -2.32. The molecule has 2 aliphatic rings. The van der Waals surface area contributed by atoms with E-state index in [-0.39, 0.29) is 11.7 Å². The van der Waals surface area contributed by atoms with E-state index in [4.69, 9.17) is 4.74 Å². The van der Waals surface area contributed by atoms with E-state index in [2.05, 4.69) is 5.32 Å². The van der Waals surface area contributed by atoms with Crippen LogP contribution in [-0.2, 0) is 4.74 Å². The van der Waals surface area contributed by atoms with Gasteiger partial charge in [-0.05, 0) is 45.1 Å². The van der Waals surface area contributed by atoms with Crippen molar-refractivity contribution in [2.75, 3.05) is 13.1 Å². The second-order valence-corrected chi connectivity index (χ2v) is 5.72. The number of rotatable bonds is 6. The van der Waals surface area contributed by atoms with Gasteiger partial charge in [-0.25, -0.2) is 0 Å². The molecule has 1 saturated heterocycles. The summed E-state index contributed by atoms with van der Waals surface area (Å²) in [4.78, 5) is 0. The summed E-state index contributed by atoms with van der Waals surface area (Å²) < 4.78 is 6.22. The van der Waals surface area contributed by atoms with Gasteiger partial charge in [0.15, 0.2) is 0 Å². The molecule has 1 aliphatic carbocycles. The summed E-state index contributed by atoms with van der Waals surface area (Å²) >= 11 is 0. The Balaban J connectivity index is 1.58. The van der Waals surface area contributed by atoms with Gasteiger partial charge in [-0.15, -0.1) is 0 Å². The van der Waals surface area contributed by atoms with Gasteiger partial charge < -0.3 is 15.2 Å². The quantitative estimate of drug-likeness (QED) is 0.701. The maximum absolute atomic E-state index is 9.45. The molecule has 17 heavy (non-hydrogen) atoms. The molecule has 1 aliphatic heterocycles. The molecule has 0 aromatic rings. The summed E-state index contributed by atoms with van der Waals surface area (Å²) in [6.07, 6.45) is 9.70. The van der Waals surface area contributed by atoms with Crippen LogP contribution in [0.3, 0.4) is 0 Å². The second-order valence-electron chi connectivity index (χ2n) is 5.72. The van der Waals surface area contributed by atoms with E-state index >= 15 is 0 Å². The minimum atomic E-state index is -0.145. The van der Waals surface area contributed by atoms with Crippen molar-refractivity contribution in [1.29, 1.82) is 0 Å². The topological polar surface area (TPSA) is 41.5 Å². The number of aliphatic hydroxyl groups is 1. The summed E-state index contributed by atoms with van der Waals surface area (Å²) in [7, 11) is 0. The lowest BCUT2D eigenvalue weighted by atomic mass is 9.98. The Hall–Kier alpha value is -0.120. The fraction of sp³-hybridized carbons (Fsp3) is 1.00. The Bertz CT molecular complexity index is 226. The normalized spacial score (nSPS) is 28.9. The Kier molecular flexibility index (Phi) is 4.83. The molecule has 3 nitrogen and oxygen atoms in total. The first-order chi connectivity index (χ1) is 8.24. The van der Waals surface area contributed by atoms with Crippen LogP contribution in [0.25, 0.3) is 0 Å². The summed E-state index contributed by atoms with van der Waals surface area (Å²) in [5, 5.41) is 12.9. The van der Waals surface area contributed by atoms with Crippen molar-refractivity contribution in [2.24, 2.45) is 0 Å². The molecule has 1 saturated carbocycles. The van der Waals surface area contributed by atoms with Crippen LogP contribution < -0.4 is 5.32 Å². The van der Waals surface area contributed by atoms with Gasteiger partial charge in [-0.3, -0.25) is 0 Å². The highest BCUT2D eigenvalue weighted by Crippen LogP contribution is 2.43. The molecule has 2 atom stereocenters. The molecular formula is C14H27NO2. The second kappa shape index (κ2) is 6.17. The maximum atomic E-state index is 9.45. The first kappa shape index (κ1) is 13.3. The van der Waals surface area contributed by atoms with E-state index in [9.17, 15) is 5.11 Å². The largest absolute Gasteiger partial charge is 0.393 e. The number of aliphatic hydroxyl groups excluding tert-OH is 1. The van der Waals surface area contributed by atoms with Gasteiger partial charge in [0, 0.05) is 6.54 Å². The molecule has 0 aromatic heterocycles. The van der Waals surface area contributed by atoms with Crippen molar-refractivity contribution in [1.82, 2.24) is 5.32 Å². The molecule has 2 fully saturated rings. The van der Waals surface area contributed by atoms with Crippen LogP contribution >= 0.6 is 0 Å². The van der Waals surface area contributed by atoms with E-state index < -0.39 is 0 Å². The van der Waals surface area contributed by atoms with Crippen LogP contribution in [0.5, 0.6) is 0 Å². The van der Waals surface area contributed by atoms with Crippen molar-refractivity contribution in [2.45, 2.75) is 76.1 Å². The van der Waals surface area contributed by atoms with E-state index in [1.807, 2.05) is 6.92 Å². The van der Waals surface area contributed by atoms with Gasteiger partial charge in [0.05, 0.1) is 17.8 Å². The summed E-state index contributed by atoms with van der Waals surface area (Å²) in [6.45, 7) is 3.88. The average molecular weight is 241 g/mol. The van der Waals surface area contributed by atoms with Gasteiger partial charge in [-0.2, -0.15) is 0 Å². The molecule has 0 aromatic carbocycles. The molecule has 3 heteroatoms. The Labute approximate surface area is 105 Å². The monoisotopic (exact) mass is 241 g/mol. The lowest BCUT2D eigenvalue weighted by Gasteiger charge is -2.24. The number of ether oxygens (including phenoxy) is 1. The van der Waals surface area contributed by atoms with Gasteiger partial charge in [0.2, 0.25) is 0 Å². The fourth-order valence-corrected chi connectivity index (χ4v) is 3.16. The zero-order chi connectivity index (χ0) is 12.1. The first-order valence-electron chi connectivity index (χ1n) is 7.31. The molecule has 1 spiro atoms. The zero-order valence-corrected chi connectivity index (χ0v) is 11.1. The van der Waals surface area contributed by atoms with Crippen LogP contribution in [0.2, 0.25) is 0 Å². The van der Waals surface area contributed by atoms with Crippen molar-refractivity contribution in [3.8, 4) is 0 Å². The van der Waals surface area contributed by atoms with Gasteiger partial charge >= 0.3 is 0 Å². The summed E-state index contributed by atoms with van der Waals surface area (Å²) in [5.41, 5.74) is 0.259. The Morgan fingerprint density at radius 3 is 2.82 bits per heavy atom. The van der Waals surface area contributed by atoms with Crippen molar-refractivity contribution in [3.05, 3.63) is 0 Å². The minimum Gasteiger partial charge on any atom is -0.393 e. The van der Waals surface area contributed by atoms with E-state index in [0.29, 0.717) is 6.10 Å². The third kappa shape index (κ3) is 3.67. The highest BCUT2D eigenvalue weighted by Gasteiger charge is 2.41. The van der Waals surface area contributed by atoms with Gasteiger partial charge in [-0.1, -0.05) is 19.8 Å². The highest BCUT2D eigenvalue weighted by molar-refractivity contribution is 4.93. The molecule has 2 unspecified atom stereocenters. The lowest BCUT2D eigenvalue weighted by molar-refractivity contribution is -0.0352. The maximum Gasteiger partial charge on any atom is 0.0708 e. The van der Waals surface area contributed by atoms with Crippen molar-refractivity contribution < 1.29 is 9.84 Å². The van der Waals surface area contributed by atoms with E-state index in [1.54, 1.807) is 0 Å². The minimum absolute atomic E-state index is 0.145. The first-order valence-corrected chi connectivity index (χ1v) is 7.31. The summed E-state index contributed by atoms with van der Waals surface area (Å²) in [6, 6.07) is 0. The van der Waals surface area contributed by atoms with Crippen molar-refractivity contribution in [3.63, 3.8) is 0 Å². The predicted molar refractivity (Wildman–Crippen MR) is 69.1 cm³/mol. The molecule has 0 amide bonds. The third-order valence-electron chi connectivity index (χ3n) is 4.35. The molecule has 0 bridgehead atoms. The number of nitrogens with one attached hydrogen (secondary N) is 1. The smallest absolute Gasteiger partial charge is 0.0708 e. The standard InChI is InChI=1S/C14H27NO2/c1-2-12(16)6-10-15-11-13-5-9-14(17-13)7-3-4-8-14/h12-13,15-16H,2-11H2,1H3. The molecule has 1 heterocycles. The van der Waals surface area contributed by atoms with E-state index in [1.165, 1.54) is 38.5 Å². The number of hydrogen-bond donors (Lipinski definition) is 2. The summed E-state index contributed by atoms with van der Waals surface area (Å²) in [5.74, 6) is 0. The molecular weight excluding hydrogens is 214 g/mol. The third-order valence-corrected chi connectivity index (χ3v) is 4.35. The van der Waals surface area contributed by atoms with Crippen LogP contribution in [0, 0.1) is 0 Å². The van der Waals surface area contributed by atoms with Gasteiger partial charge in [0.1, 0.15) is 0 Å². The van der Waals surface area contributed by atoms with Crippen LogP contribution in [0.15, 0.2) is 0 Å². The Morgan fingerprint density at radius 2 is 2.12 bits per heavy atom. The molecule has 2 rings (SSSR count). The van der Waals surface area contributed by atoms with Crippen LogP contribution in [-0.4, -0.2) is 36.0 Å².